The number of piperidine rings is 1. The number of methoxy groups -OCH3 is 1. The normalized spacial score (nSPS) is 17.2. The quantitative estimate of drug-likeness (QED) is 0.382. The van der Waals surface area contributed by atoms with E-state index in [1.54, 1.807) is 6.07 Å². The monoisotopic (exact) mass is 541 g/mol. The van der Waals surface area contributed by atoms with Gasteiger partial charge in [0.2, 0.25) is 10.1 Å². The van der Waals surface area contributed by atoms with Crippen LogP contribution in [0.1, 0.15) is 49.0 Å². The number of anilines is 4. The van der Waals surface area contributed by atoms with Crippen LogP contribution in [0.2, 0.25) is 5.02 Å². The molecule has 2 aliphatic rings. The van der Waals surface area contributed by atoms with Gasteiger partial charge in [-0.25, -0.2) is 4.79 Å². The van der Waals surface area contributed by atoms with E-state index < -0.39 is 5.97 Å². The maximum absolute atomic E-state index is 11.8. The number of rotatable bonds is 5. The summed E-state index contributed by atoms with van der Waals surface area (Å²) in [6, 6.07) is 11.4. The first-order chi connectivity index (χ1) is 17.6. The minimum atomic E-state index is -0.522. The number of phenols is 1. The van der Waals surface area contributed by atoms with Crippen LogP contribution in [0.25, 0.3) is 0 Å². The van der Waals surface area contributed by atoms with E-state index in [9.17, 15) is 9.90 Å². The lowest BCUT2D eigenvalue weighted by molar-refractivity contribution is 0.0599. The number of benzene rings is 2. The Morgan fingerprint density at radius 1 is 1.19 bits per heavy atom. The molecule has 1 spiro atoms. The van der Waals surface area contributed by atoms with Crippen molar-refractivity contribution in [1.29, 1.82) is 0 Å². The van der Waals surface area contributed by atoms with Gasteiger partial charge in [-0.05, 0) is 55.6 Å². The van der Waals surface area contributed by atoms with Crippen LogP contribution in [-0.4, -0.2) is 59.5 Å². The van der Waals surface area contributed by atoms with Gasteiger partial charge in [-0.3, -0.25) is 0 Å². The van der Waals surface area contributed by atoms with Crippen molar-refractivity contribution < 1.29 is 14.6 Å². The molecule has 2 aliphatic heterocycles. The third kappa shape index (κ3) is 5.00. The van der Waals surface area contributed by atoms with Crippen LogP contribution in [0, 0.1) is 5.41 Å². The SMILES string of the molecule is COC(=O)c1nnc(Nc2ccccc2N2CC3(CCN(CC(C)(C)C)CC3)c3c(Cl)ccc(O)c32)s1. The third-order valence-corrected chi connectivity index (χ3v) is 8.23. The summed E-state index contributed by atoms with van der Waals surface area (Å²) >= 11 is 7.98. The molecule has 0 aliphatic carbocycles. The second-order valence-corrected chi connectivity index (χ2v) is 12.4. The molecule has 37 heavy (non-hydrogen) atoms. The lowest BCUT2D eigenvalue weighted by Gasteiger charge is -2.42. The molecular weight excluding hydrogens is 510 g/mol. The average Bonchev–Trinajstić information content (AvgIpc) is 3.46. The molecule has 0 radical (unpaired) electrons. The summed E-state index contributed by atoms with van der Waals surface area (Å²) in [5.74, 6) is -0.307. The summed E-state index contributed by atoms with van der Waals surface area (Å²) in [6.07, 6.45) is 1.93. The second-order valence-electron chi connectivity index (χ2n) is 11.0. The summed E-state index contributed by atoms with van der Waals surface area (Å²) in [4.78, 5) is 16.5. The first kappa shape index (κ1) is 25.8. The van der Waals surface area contributed by atoms with Crippen LogP contribution in [0.5, 0.6) is 5.75 Å². The van der Waals surface area contributed by atoms with Gasteiger partial charge in [0.25, 0.3) is 0 Å². The van der Waals surface area contributed by atoms with Gasteiger partial charge >= 0.3 is 5.97 Å². The van der Waals surface area contributed by atoms with Crippen LogP contribution in [-0.2, 0) is 10.2 Å². The molecule has 0 bridgehead atoms. The Kier molecular flexibility index (Phi) is 6.81. The maximum Gasteiger partial charge on any atom is 0.369 e. The van der Waals surface area contributed by atoms with Gasteiger partial charge in [0.15, 0.2) is 0 Å². The number of para-hydroxylation sites is 2. The van der Waals surface area contributed by atoms with Crippen molar-refractivity contribution in [3.63, 3.8) is 0 Å². The van der Waals surface area contributed by atoms with Gasteiger partial charge in [-0.15, -0.1) is 10.2 Å². The van der Waals surface area contributed by atoms with Crippen LogP contribution in [0.4, 0.5) is 22.2 Å². The molecule has 10 heteroatoms. The predicted molar refractivity (Wildman–Crippen MR) is 148 cm³/mol. The highest BCUT2D eigenvalue weighted by atomic mass is 35.5. The highest BCUT2D eigenvalue weighted by Gasteiger charge is 2.48. The molecule has 5 rings (SSSR count). The zero-order chi connectivity index (χ0) is 26.4. The van der Waals surface area contributed by atoms with Crippen molar-refractivity contribution >= 4 is 51.1 Å². The Balaban J connectivity index is 1.49. The van der Waals surface area contributed by atoms with Gasteiger partial charge in [0.05, 0.1) is 24.2 Å². The molecule has 3 aromatic rings. The number of carbonyl (C=O) groups is 1. The van der Waals surface area contributed by atoms with Crippen molar-refractivity contribution in [2.75, 3.05) is 43.5 Å². The number of hydrogen-bond donors (Lipinski definition) is 2. The van der Waals surface area contributed by atoms with Crippen molar-refractivity contribution in [1.82, 2.24) is 15.1 Å². The third-order valence-electron chi connectivity index (χ3n) is 7.10. The number of phenolic OH excluding ortho intramolecular Hbond substituents is 1. The molecular formula is C27H32ClN5O3S. The molecule has 196 valence electrons. The summed E-state index contributed by atoms with van der Waals surface area (Å²) in [6.45, 7) is 10.6. The standard InChI is InChI=1S/C27H32ClN5O3S/c1-26(2,3)15-32-13-11-27(12-14-32)16-33(22-20(34)10-9-17(28)21(22)27)19-8-6-5-7-18(19)29-25-31-30-23(37-25)24(35)36-4/h5-10,34H,11-16H2,1-4H3,(H,29,31). The maximum atomic E-state index is 11.8. The molecule has 8 nitrogen and oxygen atoms in total. The van der Waals surface area contributed by atoms with E-state index in [-0.39, 0.29) is 21.6 Å². The van der Waals surface area contributed by atoms with E-state index in [0.29, 0.717) is 16.7 Å². The Morgan fingerprint density at radius 3 is 2.62 bits per heavy atom. The first-order valence-corrected chi connectivity index (χ1v) is 13.6. The molecule has 0 amide bonds. The van der Waals surface area contributed by atoms with E-state index in [1.807, 2.05) is 30.3 Å². The number of nitrogens with one attached hydrogen (secondary N) is 1. The predicted octanol–water partition coefficient (Wildman–Crippen LogP) is 5.96. The fourth-order valence-corrected chi connectivity index (χ4v) is 6.62. The van der Waals surface area contributed by atoms with Crippen LogP contribution >= 0.6 is 22.9 Å². The Hall–Kier alpha value is -2.88. The van der Waals surface area contributed by atoms with Crippen molar-refractivity contribution in [3.8, 4) is 5.75 Å². The number of hydrogen-bond acceptors (Lipinski definition) is 9. The van der Waals surface area contributed by atoms with Gasteiger partial charge < -0.3 is 25.0 Å². The van der Waals surface area contributed by atoms with E-state index >= 15 is 0 Å². The highest BCUT2D eigenvalue weighted by Crippen LogP contribution is 2.56. The van der Waals surface area contributed by atoms with E-state index in [1.165, 1.54) is 7.11 Å². The molecule has 0 saturated carbocycles. The fraction of sp³-hybridized carbons (Fsp3) is 0.444. The summed E-state index contributed by atoms with van der Waals surface area (Å²) in [5.41, 5.74) is 3.56. The Morgan fingerprint density at radius 2 is 1.92 bits per heavy atom. The molecule has 1 aromatic heterocycles. The van der Waals surface area contributed by atoms with Gasteiger partial charge in [0.1, 0.15) is 5.75 Å². The molecule has 2 N–H and O–H groups in total. The largest absolute Gasteiger partial charge is 0.506 e. The number of ether oxygens (including phenoxy) is 1. The number of aromatic hydroxyl groups is 1. The molecule has 0 atom stereocenters. The molecule has 0 unspecified atom stereocenters. The van der Waals surface area contributed by atoms with Crippen LogP contribution < -0.4 is 10.2 Å². The molecule has 1 saturated heterocycles. The van der Waals surface area contributed by atoms with Crippen molar-refractivity contribution in [2.24, 2.45) is 5.41 Å². The Labute approximate surface area is 226 Å². The Bertz CT molecular complexity index is 1310. The smallest absolute Gasteiger partial charge is 0.369 e. The topological polar surface area (TPSA) is 90.8 Å². The lowest BCUT2D eigenvalue weighted by Crippen LogP contribution is -2.46. The van der Waals surface area contributed by atoms with Crippen LogP contribution in [0.15, 0.2) is 36.4 Å². The molecule has 2 aromatic carbocycles. The first-order valence-electron chi connectivity index (χ1n) is 12.4. The molecule has 1 fully saturated rings. The van der Waals surface area contributed by atoms with E-state index in [0.717, 1.165) is 66.4 Å². The van der Waals surface area contributed by atoms with Gasteiger partial charge in [0, 0.05) is 29.1 Å². The van der Waals surface area contributed by atoms with E-state index in [4.69, 9.17) is 16.3 Å². The highest BCUT2D eigenvalue weighted by molar-refractivity contribution is 7.17. The number of likely N-dealkylation sites (tertiary alicyclic amines) is 1. The van der Waals surface area contributed by atoms with Crippen LogP contribution in [0.3, 0.4) is 0 Å². The summed E-state index contributed by atoms with van der Waals surface area (Å²) in [5, 5.41) is 23.8. The minimum Gasteiger partial charge on any atom is -0.506 e. The zero-order valence-corrected chi connectivity index (χ0v) is 23.1. The average molecular weight is 542 g/mol. The fourth-order valence-electron chi connectivity index (χ4n) is 5.59. The van der Waals surface area contributed by atoms with Crippen molar-refractivity contribution in [3.05, 3.63) is 52.0 Å². The second kappa shape index (κ2) is 9.78. The summed E-state index contributed by atoms with van der Waals surface area (Å²) in [7, 11) is 1.32. The summed E-state index contributed by atoms with van der Waals surface area (Å²) < 4.78 is 4.76. The number of esters is 1. The number of fused-ring (bicyclic) bond motifs is 2. The number of nitrogens with zero attached hydrogens (tertiary/aromatic N) is 4. The van der Waals surface area contributed by atoms with Crippen molar-refractivity contribution in [2.45, 2.75) is 39.0 Å². The van der Waals surface area contributed by atoms with E-state index in [2.05, 4.69) is 46.1 Å². The minimum absolute atomic E-state index is 0.159. The van der Waals surface area contributed by atoms with Gasteiger partial charge in [-0.1, -0.05) is 55.8 Å². The number of carbonyl (C=O) groups excluding carboxylic acids is 1. The van der Waals surface area contributed by atoms with Gasteiger partial charge in [-0.2, -0.15) is 0 Å². The number of halogens is 1. The lowest BCUT2D eigenvalue weighted by atomic mass is 9.74. The zero-order valence-electron chi connectivity index (χ0n) is 21.5. The molecule has 3 heterocycles. The number of aromatic nitrogens is 2.